The van der Waals surface area contributed by atoms with E-state index in [0.29, 0.717) is 25.4 Å². The molecule has 0 saturated heterocycles. The third-order valence-electron chi connectivity index (χ3n) is 2.81. The first kappa shape index (κ1) is 16.8. The highest BCUT2D eigenvalue weighted by Gasteiger charge is 2.41. The Kier molecular flexibility index (Phi) is 5.80. The molecule has 0 saturated carbocycles. The van der Waals surface area contributed by atoms with Gasteiger partial charge in [-0.2, -0.15) is 0 Å². The highest BCUT2D eigenvalue weighted by molar-refractivity contribution is 6.70. The molecule has 0 spiro atoms. The second-order valence-electron chi connectivity index (χ2n) is 5.69. The van der Waals surface area contributed by atoms with Crippen LogP contribution in [0.25, 0.3) is 0 Å². The molecule has 20 heavy (non-hydrogen) atoms. The Balaban J connectivity index is 2.85. The molecule has 1 aliphatic carbocycles. The van der Waals surface area contributed by atoms with Crippen molar-refractivity contribution in [3.05, 3.63) is 11.8 Å². The summed E-state index contributed by atoms with van der Waals surface area (Å²) in [5.74, 6) is -1.17. The maximum atomic E-state index is 12.0. The van der Waals surface area contributed by atoms with Crippen LogP contribution < -0.4 is 0 Å². The van der Waals surface area contributed by atoms with E-state index < -0.39 is 20.2 Å². The van der Waals surface area contributed by atoms with Crippen molar-refractivity contribution in [2.45, 2.75) is 39.9 Å². The van der Waals surface area contributed by atoms with Crippen LogP contribution in [0.5, 0.6) is 0 Å². The number of esters is 2. The Morgan fingerprint density at radius 3 is 2.20 bits per heavy atom. The number of ether oxygens (including phenoxy) is 2. The first-order valence-corrected chi connectivity index (χ1v) is 10.4. The lowest BCUT2D eigenvalue weighted by Gasteiger charge is -2.20. The third-order valence-corrected chi connectivity index (χ3v) is 3.68. The Bertz CT molecular complexity index is 397. The largest absolute Gasteiger partial charge is 0.548 e. The lowest BCUT2D eigenvalue weighted by Crippen LogP contribution is -2.29. The van der Waals surface area contributed by atoms with Gasteiger partial charge in [0, 0.05) is 6.42 Å². The number of carbonyl (C=O) groups is 2. The van der Waals surface area contributed by atoms with Crippen molar-refractivity contribution < 1.29 is 23.5 Å². The predicted molar refractivity (Wildman–Crippen MR) is 77.4 cm³/mol. The van der Waals surface area contributed by atoms with Crippen LogP contribution in [0.4, 0.5) is 0 Å². The van der Waals surface area contributed by atoms with Gasteiger partial charge in [-0.3, -0.25) is 9.59 Å². The summed E-state index contributed by atoms with van der Waals surface area (Å²) in [4.78, 5) is 23.9. The number of carbonyl (C=O) groups excluding carboxylic acids is 2. The van der Waals surface area contributed by atoms with Crippen molar-refractivity contribution in [3.8, 4) is 0 Å². The average molecular weight is 300 g/mol. The SMILES string of the molecule is CCOC(=O)[C@H]1C=C(O[Si](C)(C)C)C[C@@H]1C(=O)OCC. The van der Waals surface area contributed by atoms with Crippen LogP contribution in [0.3, 0.4) is 0 Å². The molecular formula is C14H24O5Si. The van der Waals surface area contributed by atoms with Gasteiger partial charge in [-0.25, -0.2) is 0 Å². The van der Waals surface area contributed by atoms with Crippen molar-refractivity contribution in [3.63, 3.8) is 0 Å². The third kappa shape index (κ3) is 4.66. The first-order chi connectivity index (χ1) is 9.28. The summed E-state index contributed by atoms with van der Waals surface area (Å²) in [7, 11) is -1.76. The van der Waals surface area contributed by atoms with Gasteiger partial charge in [0.2, 0.25) is 8.32 Å². The smallest absolute Gasteiger partial charge is 0.313 e. The van der Waals surface area contributed by atoms with Crippen molar-refractivity contribution in [2.24, 2.45) is 11.8 Å². The Morgan fingerprint density at radius 2 is 1.70 bits per heavy atom. The summed E-state index contributed by atoms with van der Waals surface area (Å²) >= 11 is 0. The molecule has 0 N–H and O–H groups in total. The highest BCUT2D eigenvalue weighted by atomic mass is 28.4. The molecule has 0 aliphatic heterocycles. The van der Waals surface area contributed by atoms with E-state index in [4.69, 9.17) is 13.9 Å². The Morgan fingerprint density at radius 1 is 1.15 bits per heavy atom. The molecule has 0 aromatic heterocycles. The molecule has 0 radical (unpaired) electrons. The summed E-state index contributed by atoms with van der Waals surface area (Å²) in [6, 6.07) is 0. The molecular weight excluding hydrogens is 276 g/mol. The molecule has 6 heteroatoms. The topological polar surface area (TPSA) is 61.8 Å². The van der Waals surface area contributed by atoms with E-state index in [1.165, 1.54) is 0 Å². The maximum absolute atomic E-state index is 12.0. The van der Waals surface area contributed by atoms with Gasteiger partial charge in [-0.1, -0.05) is 0 Å². The van der Waals surface area contributed by atoms with Gasteiger partial charge in [0.05, 0.1) is 30.8 Å². The van der Waals surface area contributed by atoms with Crippen LogP contribution in [0.15, 0.2) is 11.8 Å². The highest BCUT2D eigenvalue weighted by Crippen LogP contribution is 2.34. The Labute approximate surface area is 121 Å². The lowest BCUT2D eigenvalue weighted by molar-refractivity contribution is -0.157. The maximum Gasteiger partial charge on any atom is 0.313 e. The quantitative estimate of drug-likeness (QED) is 0.557. The van der Waals surface area contributed by atoms with E-state index >= 15 is 0 Å². The minimum absolute atomic E-state index is 0.295. The fraction of sp³-hybridized carbons (Fsp3) is 0.714. The monoisotopic (exact) mass is 300 g/mol. The van der Waals surface area contributed by atoms with Gasteiger partial charge in [0.15, 0.2) is 0 Å². The molecule has 0 aromatic rings. The minimum atomic E-state index is -1.76. The van der Waals surface area contributed by atoms with Gasteiger partial charge >= 0.3 is 11.9 Å². The molecule has 0 aromatic carbocycles. The zero-order chi connectivity index (χ0) is 15.3. The fourth-order valence-electron chi connectivity index (χ4n) is 2.15. The van der Waals surface area contributed by atoms with Gasteiger partial charge in [0.1, 0.15) is 0 Å². The fourth-order valence-corrected chi connectivity index (χ4v) is 3.09. The molecule has 2 atom stereocenters. The van der Waals surface area contributed by atoms with E-state index in [0.717, 1.165) is 0 Å². The Hall–Kier alpha value is -1.30. The summed E-state index contributed by atoms with van der Waals surface area (Å²) in [5.41, 5.74) is 0. The molecule has 114 valence electrons. The van der Waals surface area contributed by atoms with Crippen LogP contribution in [0, 0.1) is 11.8 Å². The van der Waals surface area contributed by atoms with Gasteiger partial charge in [0.25, 0.3) is 0 Å². The van der Waals surface area contributed by atoms with E-state index in [2.05, 4.69) is 19.6 Å². The van der Waals surface area contributed by atoms with E-state index in [1.54, 1.807) is 19.9 Å². The van der Waals surface area contributed by atoms with E-state index in [1.807, 2.05) is 0 Å². The summed E-state index contributed by atoms with van der Waals surface area (Å²) in [5, 5.41) is 0. The normalized spacial score (nSPS) is 22.1. The second kappa shape index (κ2) is 6.92. The number of hydrogen-bond donors (Lipinski definition) is 0. The summed E-state index contributed by atoms with van der Waals surface area (Å²) in [6.45, 7) is 10.3. The van der Waals surface area contributed by atoms with Crippen LogP contribution in [-0.4, -0.2) is 33.5 Å². The number of allylic oxidation sites excluding steroid dienone is 1. The predicted octanol–water partition coefficient (Wildman–Crippen LogP) is 2.48. The molecule has 0 fully saturated rings. The molecule has 5 nitrogen and oxygen atoms in total. The lowest BCUT2D eigenvalue weighted by atomic mass is 9.96. The average Bonchev–Trinajstić information content (AvgIpc) is 2.71. The molecule has 1 aliphatic rings. The van der Waals surface area contributed by atoms with Crippen LogP contribution in [-0.2, 0) is 23.5 Å². The van der Waals surface area contributed by atoms with Crippen molar-refractivity contribution in [1.29, 1.82) is 0 Å². The summed E-state index contributed by atoms with van der Waals surface area (Å²) in [6.07, 6.45) is 2.13. The van der Waals surface area contributed by atoms with Gasteiger partial charge in [-0.05, 0) is 39.6 Å². The van der Waals surface area contributed by atoms with Gasteiger partial charge in [-0.15, -0.1) is 0 Å². The zero-order valence-electron chi connectivity index (χ0n) is 12.9. The van der Waals surface area contributed by atoms with Crippen molar-refractivity contribution in [1.82, 2.24) is 0 Å². The molecule has 0 amide bonds. The zero-order valence-corrected chi connectivity index (χ0v) is 13.9. The first-order valence-electron chi connectivity index (χ1n) is 7.01. The molecule has 1 rings (SSSR count). The van der Waals surface area contributed by atoms with Crippen LogP contribution in [0.1, 0.15) is 20.3 Å². The number of hydrogen-bond acceptors (Lipinski definition) is 5. The molecule has 0 heterocycles. The standard InChI is InChI=1S/C14H24O5Si/c1-6-17-13(15)11-8-10(19-20(3,4)5)9-12(11)14(16)18-7-2/h8,11-12H,6-7,9H2,1-5H3/t11-,12-/m0/s1. The molecule has 0 bridgehead atoms. The van der Waals surface area contributed by atoms with Crippen molar-refractivity contribution >= 4 is 20.3 Å². The van der Waals surface area contributed by atoms with Crippen LogP contribution in [0.2, 0.25) is 19.6 Å². The van der Waals surface area contributed by atoms with Gasteiger partial charge < -0.3 is 13.9 Å². The van der Waals surface area contributed by atoms with Crippen molar-refractivity contribution in [2.75, 3.05) is 13.2 Å². The van der Waals surface area contributed by atoms with E-state index in [-0.39, 0.29) is 11.9 Å². The molecule has 0 unspecified atom stereocenters. The number of rotatable bonds is 6. The van der Waals surface area contributed by atoms with Crippen LogP contribution >= 0.6 is 0 Å². The second-order valence-corrected chi connectivity index (χ2v) is 10.1. The minimum Gasteiger partial charge on any atom is -0.548 e. The summed E-state index contributed by atoms with van der Waals surface area (Å²) < 4.78 is 16.0. The van der Waals surface area contributed by atoms with E-state index in [9.17, 15) is 9.59 Å².